The van der Waals surface area contributed by atoms with Gasteiger partial charge in [0.15, 0.2) is 6.10 Å². The molecule has 0 aliphatic rings. The highest BCUT2D eigenvalue weighted by Crippen LogP contribution is 2.25. The highest BCUT2D eigenvalue weighted by atomic mass is 35.5. The van der Waals surface area contributed by atoms with Crippen molar-refractivity contribution in [1.29, 1.82) is 0 Å². The van der Waals surface area contributed by atoms with Crippen LogP contribution in [0.15, 0.2) is 52.1 Å². The zero-order valence-electron chi connectivity index (χ0n) is 14.9. The van der Waals surface area contributed by atoms with Gasteiger partial charge in [-0.05, 0) is 37.3 Å². The summed E-state index contributed by atoms with van der Waals surface area (Å²) in [6, 6.07) is 7.25. The molecular weight excluding hydrogens is 443 g/mol. The number of esters is 1. The lowest BCUT2D eigenvalue weighted by Gasteiger charge is -2.10. The van der Waals surface area contributed by atoms with Crippen molar-refractivity contribution in [2.45, 2.75) is 17.9 Å². The molecule has 29 heavy (non-hydrogen) atoms. The van der Waals surface area contributed by atoms with Gasteiger partial charge in [0.05, 0.1) is 14.9 Å². The fourth-order valence-corrected chi connectivity index (χ4v) is 3.54. The summed E-state index contributed by atoms with van der Waals surface area (Å²) in [5.74, 6) is -0.483. The number of sulfonamides is 1. The van der Waals surface area contributed by atoms with Crippen LogP contribution in [-0.2, 0) is 19.6 Å². The first kappa shape index (κ1) is 21.2. The highest BCUT2D eigenvalue weighted by molar-refractivity contribution is 7.89. The molecule has 0 fully saturated rings. The third kappa shape index (κ3) is 5.30. The van der Waals surface area contributed by atoms with Gasteiger partial charge in [-0.15, -0.1) is 0 Å². The van der Waals surface area contributed by atoms with E-state index in [1.165, 1.54) is 25.1 Å². The minimum atomic E-state index is -3.98. The van der Waals surface area contributed by atoms with Crippen LogP contribution >= 0.6 is 23.2 Å². The lowest BCUT2D eigenvalue weighted by molar-refractivity contribution is -0.148. The Morgan fingerprint density at radius 3 is 2.76 bits per heavy atom. The van der Waals surface area contributed by atoms with Gasteiger partial charge in [-0.2, -0.15) is 9.71 Å². The van der Waals surface area contributed by atoms with Crippen molar-refractivity contribution < 1.29 is 22.5 Å². The normalized spacial score (nSPS) is 12.5. The summed E-state index contributed by atoms with van der Waals surface area (Å²) in [4.78, 5) is 20.0. The minimum Gasteiger partial charge on any atom is -0.452 e. The van der Waals surface area contributed by atoms with E-state index < -0.39 is 28.6 Å². The van der Waals surface area contributed by atoms with Gasteiger partial charge in [0.25, 0.3) is 5.89 Å². The molecule has 0 amide bonds. The van der Waals surface area contributed by atoms with Crippen molar-refractivity contribution in [3.63, 3.8) is 0 Å². The largest absolute Gasteiger partial charge is 0.452 e. The average molecular weight is 457 g/mol. The number of aromatic nitrogens is 3. The van der Waals surface area contributed by atoms with Crippen molar-refractivity contribution in [1.82, 2.24) is 19.8 Å². The Kier molecular flexibility index (Phi) is 6.48. The number of halogens is 2. The van der Waals surface area contributed by atoms with Gasteiger partial charge >= 0.3 is 5.97 Å². The molecule has 0 saturated heterocycles. The van der Waals surface area contributed by atoms with Crippen LogP contribution in [0.4, 0.5) is 0 Å². The Balaban J connectivity index is 1.59. The molecule has 3 aromatic rings. The SMILES string of the molecule is CC(OC(=O)CNS(=O)(=O)c1ccc(Cl)c(Cl)c1)c1nc(-c2cccnc2)no1. The molecule has 9 nitrogen and oxygen atoms in total. The average Bonchev–Trinajstić information content (AvgIpc) is 3.20. The molecule has 2 aromatic heterocycles. The maximum Gasteiger partial charge on any atom is 0.321 e. The van der Waals surface area contributed by atoms with Gasteiger partial charge in [0.2, 0.25) is 15.8 Å². The van der Waals surface area contributed by atoms with Gasteiger partial charge in [-0.3, -0.25) is 9.78 Å². The van der Waals surface area contributed by atoms with E-state index in [0.29, 0.717) is 5.56 Å². The van der Waals surface area contributed by atoms with Gasteiger partial charge in [-0.1, -0.05) is 28.4 Å². The fourth-order valence-electron chi connectivity index (χ4n) is 2.18. The number of nitrogens with one attached hydrogen (secondary N) is 1. The van der Waals surface area contributed by atoms with E-state index in [9.17, 15) is 13.2 Å². The van der Waals surface area contributed by atoms with Crippen molar-refractivity contribution in [2.75, 3.05) is 6.54 Å². The Labute approximate surface area is 176 Å². The zero-order chi connectivity index (χ0) is 21.0. The summed E-state index contributed by atoms with van der Waals surface area (Å²) >= 11 is 11.6. The smallest absolute Gasteiger partial charge is 0.321 e. The number of ether oxygens (including phenoxy) is 1. The number of rotatable bonds is 7. The van der Waals surface area contributed by atoms with E-state index >= 15 is 0 Å². The predicted molar refractivity (Wildman–Crippen MR) is 104 cm³/mol. The minimum absolute atomic E-state index is 0.0598. The zero-order valence-corrected chi connectivity index (χ0v) is 17.2. The molecule has 1 unspecified atom stereocenters. The van der Waals surface area contributed by atoms with Gasteiger partial charge < -0.3 is 9.26 Å². The standard InChI is InChI=1S/C17H14Cl2N4O5S/c1-10(17-22-16(23-28-17)11-3-2-6-20-8-11)27-15(24)9-21-29(25,26)12-4-5-13(18)14(19)7-12/h2-8,10,21H,9H2,1H3. The maximum atomic E-state index is 12.2. The molecule has 0 aliphatic carbocycles. The van der Waals surface area contributed by atoms with Crippen molar-refractivity contribution >= 4 is 39.2 Å². The third-order valence-corrected chi connectivity index (χ3v) is 5.76. The summed E-state index contributed by atoms with van der Waals surface area (Å²) in [7, 11) is -3.98. The Bertz CT molecular complexity index is 1120. The molecule has 1 aromatic carbocycles. The first-order valence-electron chi connectivity index (χ1n) is 8.14. The fraction of sp³-hybridized carbons (Fsp3) is 0.176. The number of hydrogen-bond donors (Lipinski definition) is 1. The molecule has 1 atom stereocenters. The third-order valence-electron chi connectivity index (χ3n) is 3.63. The Hall–Kier alpha value is -2.53. The molecule has 2 heterocycles. The number of carbonyl (C=O) groups excluding carboxylic acids is 1. The molecule has 1 N–H and O–H groups in total. The van der Waals surface area contributed by atoms with Crippen LogP contribution < -0.4 is 4.72 Å². The first-order chi connectivity index (χ1) is 13.8. The van der Waals surface area contributed by atoms with E-state index in [1.54, 1.807) is 24.5 Å². The summed E-state index contributed by atoms with van der Waals surface area (Å²) in [6.45, 7) is 0.919. The Morgan fingerprint density at radius 2 is 2.07 bits per heavy atom. The second-order valence-electron chi connectivity index (χ2n) is 5.73. The highest BCUT2D eigenvalue weighted by Gasteiger charge is 2.22. The molecule has 152 valence electrons. The van der Waals surface area contributed by atoms with Crippen LogP contribution in [0.2, 0.25) is 10.0 Å². The van der Waals surface area contributed by atoms with E-state index in [2.05, 4.69) is 19.8 Å². The molecule has 0 saturated carbocycles. The number of hydrogen-bond acceptors (Lipinski definition) is 8. The van der Waals surface area contributed by atoms with Crippen LogP contribution in [0, 0.1) is 0 Å². The van der Waals surface area contributed by atoms with E-state index in [4.69, 9.17) is 32.5 Å². The van der Waals surface area contributed by atoms with Crippen molar-refractivity contribution in [2.24, 2.45) is 0 Å². The summed E-state index contributed by atoms with van der Waals surface area (Å²) in [5, 5.41) is 4.09. The van der Waals surface area contributed by atoms with Crippen LogP contribution in [0.3, 0.4) is 0 Å². The summed E-state index contributed by atoms with van der Waals surface area (Å²) < 4.78 is 36.9. The second-order valence-corrected chi connectivity index (χ2v) is 8.31. The Morgan fingerprint density at radius 1 is 1.28 bits per heavy atom. The number of benzene rings is 1. The molecule has 3 rings (SSSR count). The summed E-state index contributed by atoms with van der Waals surface area (Å²) in [5.41, 5.74) is 0.635. The molecule has 0 bridgehead atoms. The number of nitrogens with zero attached hydrogens (tertiary/aromatic N) is 3. The molecule has 12 heteroatoms. The van der Waals surface area contributed by atoms with Gasteiger partial charge in [0, 0.05) is 18.0 Å². The van der Waals surface area contributed by atoms with Crippen LogP contribution in [0.25, 0.3) is 11.4 Å². The van der Waals surface area contributed by atoms with Gasteiger partial charge in [0.1, 0.15) is 6.54 Å². The first-order valence-corrected chi connectivity index (χ1v) is 10.4. The summed E-state index contributed by atoms with van der Waals surface area (Å²) in [6.07, 6.45) is 2.28. The monoisotopic (exact) mass is 456 g/mol. The van der Waals surface area contributed by atoms with Crippen LogP contribution in [0.1, 0.15) is 18.9 Å². The lowest BCUT2D eigenvalue weighted by atomic mass is 10.3. The van der Waals surface area contributed by atoms with E-state index in [-0.39, 0.29) is 26.7 Å². The molecule has 0 radical (unpaired) electrons. The second kappa shape index (κ2) is 8.87. The predicted octanol–water partition coefficient (Wildman–Crippen LogP) is 3.02. The molecular formula is C17H14Cl2N4O5S. The lowest BCUT2D eigenvalue weighted by Crippen LogP contribution is -2.31. The van der Waals surface area contributed by atoms with E-state index in [0.717, 1.165) is 0 Å². The number of carbonyl (C=O) groups is 1. The number of pyridine rings is 1. The van der Waals surface area contributed by atoms with Gasteiger partial charge in [-0.25, -0.2) is 8.42 Å². The molecule has 0 spiro atoms. The van der Waals surface area contributed by atoms with Crippen LogP contribution in [-0.4, -0.2) is 36.1 Å². The maximum absolute atomic E-state index is 12.2. The quantitative estimate of drug-likeness (QED) is 0.537. The topological polar surface area (TPSA) is 124 Å². The molecule has 0 aliphatic heterocycles. The van der Waals surface area contributed by atoms with Crippen molar-refractivity contribution in [3.05, 3.63) is 58.7 Å². The van der Waals surface area contributed by atoms with Crippen LogP contribution in [0.5, 0.6) is 0 Å². The van der Waals surface area contributed by atoms with Crippen molar-refractivity contribution in [3.8, 4) is 11.4 Å². The van der Waals surface area contributed by atoms with E-state index in [1.807, 2.05) is 0 Å².